The highest BCUT2D eigenvalue weighted by atomic mass is 16.6. The number of amidine groups is 1. The van der Waals surface area contributed by atoms with E-state index in [-0.39, 0.29) is 41.9 Å². The minimum Gasteiger partial charge on any atom is -0.512 e. The SMILES string of the molecule is CCc1cc(CCC2(C3CCCC3)CC(O)=C(CC(N)=Nc3nc(C)cc(C)n3)C(=O)O2)ccc1-c1ncco1. The third kappa shape index (κ3) is 5.93. The molecule has 0 radical (unpaired) electrons. The predicted octanol–water partition coefficient (Wildman–Crippen LogP) is 6.01. The van der Waals surface area contributed by atoms with Crippen LogP contribution >= 0.6 is 0 Å². The fourth-order valence-corrected chi connectivity index (χ4v) is 6.11. The summed E-state index contributed by atoms with van der Waals surface area (Å²) in [5.41, 5.74) is 10.4. The molecule has 9 heteroatoms. The van der Waals surface area contributed by atoms with Gasteiger partial charge in [-0.3, -0.25) is 0 Å². The van der Waals surface area contributed by atoms with E-state index in [1.54, 1.807) is 12.5 Å². The second-order valence-corrected chi connectivity index (χ2v) is 11.0. The lowest BCUT2D eigenvalue weighted by atomic mass is 9.76. The van der Waals surface area contributed by atoms with Crippen LogP contribution in [0.4, 0.5) is 5.95 Å². The smallest absolute Gasteiger partial charge is 0.338 e. The Bertz CT molecular complexity index is 1420. The number of rotatable bonds is 9. The van der Waals surface area contributed by atoms with Crippen LogP contribution in [-0.4, -0.2) is 37.5 Å². The Hall–Kier alpha value is -4.01. The number of nitrogens with two attached hydrogens (primary N) is 1. The molecule has 3 aromatic rings. The first-order valence-electron chi connectivity index (χ1n) is 14.1. The number of cyclic esters (lactones) is 1. The van der Waals surface area contributed by atoms with E-state index < -0.39 is 11.6 Å². The zero-order valence-corrected chi connectivity index (χ0v) is 23.4. The number of nitrogens with zero attached hydrogens (tertiary/aromatic N) is 4. The van der Waals surface area contributed by atoms with E-state index in [2.05, 4.69) is 39.0 Å². The van der Waals surface area contributed by atoms with Gasteiger partial charge in [0.05, 0.1) is 11.8 Å². The maximum Gasteiger partial charge on any atom is 0.338 e. The van der Waals surface area contributed by atoms with E-state index in [4.69, 9.17) is 14.9 Å². The molecule has 5 rings (SSSR count). The molecule has 1 aliphatic carbocycles. The molecule has 1 aromatic carbocycles. The molecule has 1 fully saturated rings. The average Bonchev–Trinajstić information content (AvgIpc) is 3.64. The highest BCUT2D eigenvalue weighted by Gasteiger charge is 2.48. The molecule has 2 aliphatic rings. The predicted molar refractivity (Wildman–Crippen MR) is 152 cm³/mol. The van der Waals surface area contributed by atoms with Crippen molar-refractivity contribution in [2.24, 2.45) is 16.6 Å². The summed E-state index contributed by atoms with van der Waals surface area (Å²) in [6, 6.07) is 8.16. The second-order valence-electron chi connectivity index (χ2n) is 11.0. The van der Waals surface area contributed by atoms with Crippen molar-refractivity contribution in [3.63, 3.8) is 0 Å². The monoisotopic (exact) mass is 543 g/mol. The summed E-state index contributed by atoms with van der Waals surface area (Å²) in [7, 11) is 0. The number of oxazole rings is 1. The molecule has 3 heterocycles. The number of benzene rings is 1. The molecule has 1 atom stereocenters. The van der Waals surface area contributed by atoms with Crippen LogP contribution in [0, 0.1) is 19.8 Å². The minimum atomic E-state index is -0.753. The normalized spacial score (nSPS) is 20.3. The summed E-state index contributed by atoms with van der Waals surface area (Å²) in [5, 5.41) is 11.2. The summed E-state index contributed by atoms with van der Waals surface area (Å²) in [6.07, 6.45) is 9.83. The first kappa shape index (κ1) is 27.6. The number of aliphatic hydroxyl groups is 1. The quantitative estimate of drug-likeness (QED) is 0.190. The fourth-order valence-electron chi connectivity index (χ4n) is 6.11. The van der Waals surface area contributed by atoms with Crippen LogP contribution in [0.1, 0.15) is 74.4 Å². The first-order valence-corrected chi connectivity index (χ1v) is 14.1. The third-order valence-electron chi connectivity index (χ3n) is 8.08. The number of esters is 1. The van der Waals surface area contributed by atoms with E-state index in [1.165, 1.54) is 0 Å². The topological polar surface area (TPSA) is 137 Å². The lowest BCUT2D eigenvalue weighted by Crippen LogP contribution is -2.46. The molecule has 1 unspecified atom stereocenters. The number of aliphatic hydroxyl groups excluding tert-OH is 1. The van der Waals surface area contributed by atoms with Gasteiger partial charge in [0.25, 0.3) is 5.95 Å². The van der Waals surface area contributed by atoms with Crippen LogP contribution < -0.4 is 5.73 Å². The van der Waals surface area contributed by atoms with Crippen LogP contribution in [0.25, 0.3) is 11.5 Å². The van der Waals surface area contributed by atoms with E-state index in [9.17, 15) is 9.90 Å². The van der Waals surface area contributed by atoms with E-state index >= 15 is 0 Å². The van der Waals surface area contributed by atoms with Gasteiger partial charge >= 0.3 is 5.97 Å². The third-order valence-corrected chi connectivity index (χ3v) is 8.08. The lowest BCUT2D eigenvalue weighted by Gasteiger charge is -2.42. The van der Waals surface area contributed by atoms with Crippen molar-refractivity contribution in [3.8, 4) is 11.5 Å². The summed E-state index contributed by atoms with van der Waals surface area (Å²) in [5.74, 6) is 0.711. The van der Waals surface area contributed by atoms with Gasteiger partial charge in [0.1, 0.15) is 23.5 Å². The largest absolute Gasteiger partial charge is 0.512 e. The summed E-state index contributed by atoms with van der Waals surface area (Å²) < 4.78 is 11.8. The van der Waals surface area contributed by atoms with Crippen LogP contribution in [0.3, 0.4) is 0 Å². The van der Waals surface area contributed by atoms with Gasteiger partial charge in [-0.1, -0.05) is 31.9 Å². The van der Waals surface area contributed by atoms with Crippen molar-refractivity contribution in [1.82, 2.24) is 15.0 Å². The highest BCUT2D eigenvalue weighted by Crippen LogP contribution is 2.46. The molecule has 9 nitrogen and oxygen atoms in total. The summed E-state index contributed by atoms with van der Waals surface area (Å²) in [4.78, 5) is 30.5. The first-order chi connectivity index (χ1) is 19.3. The van der Waals surface area contributed by atoms with E-state index in [0.717, 1.165) is 66.6 Å². The number of aryl methyl sites for hydroxylation is 4. The van der Waals surface area contributed by atoms with Gasteiger partial charge in [-0.05, 0) is 75.1 Å². The van der Waals surface area contributed by atoms with Gasteiger partial charge in [0, 0.05) is 29.8 Å². The second kappa shape index (κ2) is 11.6. The highest BCUT2D eigenvalue weighted by molar-refractivity contribution is 5.98. The molecule has 0 spiro atoms. The molecule has 2 aromatic heterocycles. The summed E-state index contributed by atoms with van der Waals surface area (Å²) >= 11 is 0. The molecule has 3 N–H and O–H groups in total. The van der Waals surface area contributed by atoms with E-state index in [1.807, 2.05) is 26.0 Å². The van der Waals surface area contributed by atoms with Gasteiger partial charge in [0.2, 0.25) is 5.89 Å². The van der Waals surface area contributed by atoms with Gasteiger partial charge < -0.3 is 20.0 Å². The Balaban J connectivity index is 1.36. The van der Waals surface area contributed by atoms with Crippen molar-refractivity contribution in [3.05, 3.63) is 70.6 Å². The Morgan fingerprint density at radius 1 is 1.18 bits per heavy atom. The number of carbonyl (C=O) groups excluding carboxylic acids is 1. The molecular formula is C31H37N5O4. The van der Waals surface area contributed by atoms with Crippen molar-refractivity contribution in [2.45, 2.75) is 84.2 Å². The van der Waals surface area contributed by atoms with Crippen molar-refractivity contribution in [1.29, 1.82) is 0 Å². The summed E-state index contributed by atoms with van der Waals surface area (Å²) in [6.45, 7) is 5.82. The molecule has 210 valence electrons. The molecule has 1 saturated carbocycles. The molecular weight excluding hydrogens is 506 g/mol. The van der Waals surface area contributed by atoms with Crippen molar-refractivity contribution in [2.75, 3.05) is 0 Å². The Kier molecular flexibility index (Phi) is 8.00. The van der Waals surface area contributed by atoms with Crippen LogP contribution in [0.2, 0.25) is 0 Å². The van der Waals surface area contributed by atoms with Crippen LogP contribution in [0.5, 0.6) is 0 Å². The number of hydrogen-bond donors (Lipinski definition) is 2. The van der Waals surface area contributed by atoms with Crippen molar-refractivity contribution >= 4 is 17.8 Å². The number of hydrogen-bond acceptors (Lipinski definition) is 8. The standard InChI is InChI=1S/C31H37N5O4/c1-4-22-16-21(9-10-24(22)28-33-13-14-39-28)11-12-31(23-7-5-6-8-23)18-26(37)25(29(38)40-31)17-27(32)36-30-34-19(2)15-20(3)35-30/h9-10,13-16,23,37H,4-8,11-12,17-18H2,1-3H3,(H2,32,34,35,36). The maximum atomic E-state index is 13.4. The van der Waals surface area contributed by atoms with Crippen molar-refractivity contribution < 1.29 is 19.1 Å². The number of aliphatic imine (C=N–C) groups is 1. The average molecular weight is 544 g/mol. The molecule has 0 saturated heterocycles. The Morgan fingerprint density at radius 3 is 2.58 bits per heavy atom. The van der Waals surface area contributed by atoms with Crippen LogP contribution in [0.15, 0.2) is 57.5 Å². The number of ether oxygens (including phenoxy) is 1. The number of carbonyl (C=O) groups is 1. The maximum absolute atomic E-state index is 13.4. The molecule has 0 amide bonds. The van der Waals surface area contributed by atoms with E-state index in [0.29, 0.717) is 12.3 Å². The Morgan fingerprint density at radius 2 is 1.93 bits per heavy atom. The zero-order valence-electron chi connectivity index (χ0n) is 23.4. The lowest BCUT2D eigenvalue weighted by molar-refractivity contribution is -0.167. The molecule has 1 aliphatic heterocycles. The minimum absolute atomic E-state index is 0.0239. The van der Waals surface area contributed by atoms with Crippen LogP contribution in [-0.2, 0) is 22.4 Å². The van der Waals surface area contributed by atoms with Gasteiger partial charge in [-0.15, -0.1) is 0 Å². The fraction of sp³-hybridized carbons (Fsp3) is 0.452. The zero-order chi connectivity index (χ0) is 28.3. The van der Waals surface area contributed by atoms with Gasteiger partial charge in [-0.25, -0.2) is 19.7 Å². The van der Waals surface area contributed by atoms with Gasteiger partial charge in [-0.2, -0.15) is 4.99 Å². The van der Waals surface area contributed by atoms with Gasteiger partial charge in [0.15, 0.2) is 0 Å². The molecule has 0 bridgehead atoms. The number of aromatic nitrogens is 3. The Labute approximate surface area is 234 Å². The molecule has 40 heavy (non-hydrogen) atoms.